The average Bonchev–Trinajstić information content (AvgIpc) is 2.34. The molecule has 0 unspecified atom stereocenters. The average molecular weight is 262 g/mol. The summed E-state index contributed by atoms with van der Waals surface area (Å²) in [5.41, 5.74) is 8.27. The van der Waals surface area contributed by atoms with Crippen LogP contribution in [0.1, 0.15) is 15.9 Å². The van der Waals surface area contributed by atoms with Crippen molar-refractivity contribution in [1.82, 2.24) is 4.98 Å². The number of aryl methyl sites for hydroxylation is 1. The number of nitrogens with zero attached hydrogens (tertiary/aromatic N) is 1. The zero-order valence-electron chi connectivity index (χ0n) is 9.77. The van der Waals surface area contributed by atoms with Gasteiger partial charge in [0, 0.05) is 23.8 Å². The quantitative estimate of drug-likeness (QED) is 0.817. The molecule has 0 radical (unpaired) electrons. The number of amides is 1. The summed E-state index contributed by atoms with van der Waals surface area (Å²) in [6.45, 7) is 1.89. The Morgan fingerprint density at radius 3 is 2.89 bits per heavy atom. The monoisotopic (exact) mass is 261 g/mol. The minimum atomic E-state index is -0.281. The fourth-order valence-corrected chi connectivity index (χ4v) is 1.73. The van der Waals surface area contributed by atoms with Crippen molar-refractivity contribution in [3.63, 3.8) is 0 Å². The Labute approximate surface area is 110 Å². The van der Waals surface area contributed by atoms with Crippen LogP contribution in [0.5, 0.6) is 0 Å². The van der Waals surface area contributed by atoms with Crippen LogP contribution in [0.2, 0.25) is 5.02 Å². The van der Waals surface area contributed by atoms with Gasteiger partial charge in [-0.25, -0.2) is 0 Å². The summed E-state index contributed by atoms with van der Waals surface area (Å²) >= 11 is 5.91. The van der Waals surface area contributed by atoms with Crippen molar-refractivity contribution in [3.8, 4) is 0 Å². The first kappa shape index (κ1) is 12.4. The molecule has 1 amide bonds. The van der Waals surface area contributed by atoms with Crippen LogP contribution in [0.3, 0.4) is 0 Å². The smallest absolute Gasteiger partial charge is 0.257 e. The first-order valence-electron chi connectivity index (χ1n) is 5.35. The number of rotatable bonds is 2. The first-order chi connectivity index (χ1) is 8.58. The molecular formula is C13H12ClN3O. The van der Waals surface area contributed by atoms with Crippen molar-refractivity contribution in [2.45, 2.75) is 6.92 Å². The number of carbonyl (C=O) groups excluding carboxylic acids is 1. The van der Waals surface area contributed by atoms with E-state index in [1.165, 1.54) is 12.4 Å². The third-order valence-corrected chi connectivity index (χ3v) is 2.83. The molecule has 4 nitrogen and oxygen atoms in total. The molecule has 0 saturated carbocycles. The minimum absolute atomic E-state index is 0.281. The fourth-order valence-electron chi connectivity index (χ4n) is 1.52. The number of nitrogens with two attached hydrogens (primary N) is 1. The lowest BCUT2D eigenvalue weighted by atomic mass is 10.1. The molecule has 92 valence electrons. The van der Waals surface area contributed by atoms with Gasteiger partial charge in [0.05, 0.1) is 10.6 Å². The van der Waals surface area contributed by atoms with E-state index in [9.17, 15) is 4.79 Å². The molecule has 18 heavy (non-hydrogen) atoms. The second-order valence-electron chi connectivity index (χ2n) is 3.88. The molecule has 3 N–H and O–H groups in total. The number of carbonyl (C=O) groups is 1. The maximum absolute atomic E-state index is 12.0. The van der Waals surface area contributed by atoms with E-state index in [1.807, 2.05) is 13.0 Å². The number of nitrogen functional groups attached to an aromatic ring is 1. The number of nitrogens with one attached hydrogen (secondary N) is 1. The highest BCUT2D eigenvalue weighted by Crippen LogP contribution is 2.20. The molecule has 0 spiro atoms. The maximum atomic E-state index is 12.0. The number of halogens is 1. The standard InChI is InChI=1S/C13H12ClN3O/c1-8-2-3-9(15)6-12(8)17-13(18)10-4-5-16-7-11(10)14/h2-7H,15H2,1H3,(H,17,18). The van der Waals surface area contributed by atoms with Gasteiger partial charge < -0.3 is 11.1 Å². The van der Waals surface area contributed by atoms with E-state index < -0.39 is 0 Å². The summed E-state index contributed by atoms with van der Waals surface area (Å²) in [6, 6.07) is 6.91. The van der Waals surface area contributed by atoms with E-state index in [-0.39, 0.29) is 5.91 Å². The molecule has 2 aromatic rings. The molecule has 0 bridgehead atoms. The number of benzene rings is 1. The molecular weight excluding hydrogens is 250 g/mol. The van der Waals surface area contributed by atoms with E-state index >= 15 is 0 Å². The maximum Gasteiger partial charge on any atom is 0.257 e. The lowest BCUT2D eigenvalue weighted by Gasteiger charge is -2.09. The van der Waals surface area contributed by atoms with E-state index in [2.05, 4.69) is 10.3 Å². The molecule has 0 fully saturated rings. The number of hydrogen-bond donors (Lipinski definition) is 2. The molecule has 1 heterocycles. The Bertz CT molecular complexity index is 599. The molecule has 1 aromatic heterocycles. The predicted octanol–water partition coefficient (Wildman–Crippen LogP) is 2.88. The Hall–Kier alpha value is -2.07. The van der Waals surface area contributed by atoms with Gasteiger partial charge in [-0.3, -0.25) is 9.78 Å². The Morgan fingerprint density at radius 1 is 1.39 bits per heavy atom. The molecule has 0 aliphatic carbocycles. The topological polar surface area (TPSA) is 68.0 Å². The van der Waals surface area contributed by atoms with Crippen molar-refractivity contribution in [2.24, 2.45) is 0 Å². The van der Waals surface area contributed by atoms with Crippen LogP contribution >= 0.6 is 11.6 Å². The third-order valence-electron chi connectivity index (χ3n) is 2.53. The van der Waals surface area contributed by atoms with Crippen molar-refractivity contribution < 1.29 is 4.79 Å². The molecule has 2 rings (SSSR count). The van der Waals surface area contributed by atoms with Gasteiger partial charge in [-0.05, 0) is 30.7 Å². The normalized spacial score (nSPS) is 10.1. The van der Waals surface area contributed by atoms with Crippen molar-refractivity contribution in [3.05, 3.63) is 52.8 Å². The van der Waals surface area contributed by atoms with Crippen LogP contribution < -0.4 is 11.1 Å². The van der Waals surface area contributed by atoms with Crippen molar-refractivity contribution in [1.29, 1.82) is 0 Å². The van der Waals surface area contributed by atoms with Gasteiger partial charge in [0.15, 0.2) is 0 Å². The van der Waals surface area contributed by atoms with Gasteiger partial charge in [-0.1, -0.05) is 17.7 Å². The minimum Gasteiger partial charge on any atom is -0.399 e. The van der Waals surface area contributed by atoms with Crippen LogP contribution in [-0.2, 0) is 0 Å². The van der Waals surface area contributed by atoms with Crippen LogP contribution in [0.25, 0.3) is 0 Å². The summed E-state index contributed by atoms with van der Waals surface area (Å²) in [5.74, 6) is -0.281. The van der Waals surface area contributed by atoms with Gasteiger partial charge in [0.2, 0.25) is 0 Å². The summed E-state index contributed by atoms with van der Waals surface area (Å²) in [6.07, 6.45) is 2.95. The summed E-state index contributed by atoms with van der Waals surface area (Å²) in [7, 11) is 0. The lowest BCUT2D eigenvalue weighted by molar-refractivity contribution is 0.102. The SMILES string of the molecule is Cc1ccc(N)cc1NC(=O)c1ccncc1Cl. The number of aromatic nitrogens is 1. The van der Waals surface area contributed by atoms with Crippen LogP contribution in [0, 0.1) is 6.92 Å². The molecule has 1 aromatic carbocycles. The van der Waals surface area contributed by atoms with Gasteiger partial charge in [0.1, 0.15) is 0 Å². The lowest BCUT2D eigenvalue weighted by Crippen LogP contribution is -2.13. The van der Waals surface area contributed by atoms with E-state index in [1.54, 1.807) is 18.2 Å². The van der Waals surface area contributed by atoms with Crippen LogP contribution in [0.4, 0.5) is 11.4 Å². The third kappa shape index (κ3) is 2.60. The summed E-state index contributed by atoms with van der Waals surface area (Å²) in [4.78, 5) is 15.9. The first-order valence-corrected chi connectivity index (χ1v) is 5.72. The van der Waals surface area contributed by atoms with Crippen LogP contribution in [0.15, 0.2) is 36.7 Å². The number of pyridine rings is 1. The fraction of sp³-hybridized carbons (Fsp3) is 0.0769. The summed E-state index contributed by atoms with van der Waals surface area (Å²) < 4.78 is 0. The Balaban J connectivity index is 2.27. The molecule has 0 aliphatic heterocycles. The van der Waals surface area contributed by atoms with E-state index in [0.29, 0.717) is 22.0 Å². The highest BCUT2D eigenvalue weighted by Gasteiger charge is 2.11. The highest BCUT2D eigenvalue weighted by atomic mass is 35.5. The van der Waals surface area contributed by atoms with Gasteiger partial charge >= 0.3 is 0 Å². The zero-order chi connectivity index (χ0) is 13.1. The largest absolute Gasteiger partial charge is 0.399 e. The van der Waals surface area contributed by atoms with Crippen molar-refractivity contribution >= 4 is 28.9 Å². The summed E-state index contributed by atoms with van der Waals surface area (Å²) in [5, 5.41) is 3.09. The van der Waals surface area contributed by atoms with E-state index in [0.717, 1.165) is 5.56 Å². The molecule has 0 saturated heterocycles. The number of anilines is 2. The zero-order valence-corrected chi connectivity index (χ0v) is 10.5. The van der Waals surface area contributed by atoms with Gasteiger partial charge in [-0.15, -0.1) is 0 Å². The molecule has 0 atom stereocenters. The molecule has 0 aliphatic rings. The van der Waals surface area contributed by atoms with Crippen LogP contribution in [-0.4, -0.2) is 10.9 Å². The second-order valence-corrected chi connectivity index (χ2v) is 4.29. The van der Waals surface area contributed by atoms with Gasteiger partial charge in [0.25, 0.3) is 5.91 Å². The van der Waals surface area contributed by atoms with Gasteiger partial charge in [-0.2, -0.15) is 0 Å². The highest BCUT2D eigenvalue weighted by molar-refractivity contribution is 6.34. The number of hydrogen-bond acceptors (Lipinski definition) is 3. The Morgan fingerprint density at radius 2 is 2.17 bits per heavy atom. The Kier molecular flexibility index (Phi) is 3.48. The van der Waals surface area contributed by atoms with Crippen molar-refractivity contribution in [2.75, 3.05) is 11.1 Å². The second kappa shape index (κ2) is 5.06. The molecule has 5 heteroatoms. The predicted molar refractivity (Wildman–Crippen MR) is 72.8 cm³/mol. The van der Waals surface area contributed by atoms with E-state index in [4.69, 9.17) is 17.3 Å².